The highest BCUT2D eigenvalue weighted by atomic mass is 32.1. The molecule has 0 amide bonds. The van der Waals surface area contributed by atoms with Crippen LogP contribution in [0.5, 0.6) is 0 Å². The van der Waals surface area contributed by atoms with Crippen LogP contribution in [0.2, 0.25) is 0 Å². The number of hydrogen-bond acceptors (Lipinski definition) is 7. The standard InChI is InChI=1S/C23H15N3O3S2/c1-14(27)15-4-6-16(7-5-15)19-10-8-17(29-19)13-20-22(28)26-23(31-20)24-21(25-26)11-9-18-3-2-12-30-18/h2-13H,1H3/b11-9+,20-13-. The van der Waals surface area contributed by atoms with Crippen molar-refractivity contribution in [2.75, 3.05) is 0 Å². The Hall–Kier alpha value is -3.62. The van der Waals surface area contributed by atoms with Gasteiger partial charge in [0.25, 0.3) is 5.56 Å². The Morgan fingerprint density at radius 1 is 1.10 bits per heavy atom. The lowest BCUT2D eigenvalue weighted by atomic mass is 10.1. The number of thiophene rings is 1. The summed E-state index contributed by atoms with van der Waals surface area (Å²) < 4.78 is 7.68. The molecular formula is C23H15N3O3S2. The van der Waals surface area contributed by atoms with E-state index in [1.807, 2.05) is 41.8 Å². The molecule has 0 aliphatic carbocycles. The molecule has 0 fully saturated rings. The normalized spacial score (nSPS) is 12.4. The number of benzene rings is 1. The van der Waals surface area contributed by atoms with Crippen molar-refractivity contribution in [1.82, 2.24) is 14.6 Å². The molecule has 0 saturated carbocycles. The van der Waals surface area contributed by atoms with E-state index in [0.717, 1.165) is 10.4 Å². The fourth-order valence-corrected chi connectivity index (χ4v) is 4.56. The molecule has 152 valence electrons. The molecule has 31 heavy (non-hydrogen) atoms. The molecule has 1 aromatic carbocycles. The van der Waals surface area contributed by atoms with Crippen molar-refractivity contribution in [3.05, 3.63) is 90.8 Å². The van der Waals surface area contributed by atoms with Gasteiger partial charge >= 0.3 is 0 Å². The third-order valence-electron chi connectivity index (χ3n) is 4.61. The minimum Gasteiger partial charge on any atom is -0.457 e. The number of aromatic nitrogens is 3. The third-order valence-corrected chi connectivity index (χ3v) is 6.41. The molecule has 4 heterocycles. The molecule has 0 aliphatic rings. The number of nitrogens with zero attached hydrogens (tertiary/aromatic N) is 3. The zero-order chi connectivity index (χ0) is 21.4. The Bertz CT molecular complexity index is 1520. The van der Waals surface area contributed by atoms with E-state index in [9.17, 15) is 9.59 Å². The number of thiazole rings is 1. The number of hydrogen-bond donors (Lipinski definition) is 0. The van der Waals surface area contributed by atoms with Gasteiger partial charge in [0.05, 0.1) is 0 Å². The monoisotopic (exact) mass is 445 g/mol. The number of carbonyl (C=O) groups is 1. The summed E-state index contributed by atoms with van der Waals surface area (Å²) in [4.78, 5) is 30.2. The van der Waals surface area contributed by atoms with Crippen molar-refractivity contribution in [3.63, 3.8) is 0 Å². The van der Waals surface area contributed by atoms with Gasteiger partial charge in [-0.3, -0.25) is 9.59 Å². The number of rotatable bonds is 5. The van der Waals surface area contributed by atoms with E-state index in [1.54, 1.807) is 41.7 Å². The van der Waals surface area contributed by atoms with Crippen LogP contribution < -0.4 is 10.1 Å². The Kier molecular flexibility index (Phi) is 4.93. The quantitative estimate of drug-likeness (QED) is 0.375. The molecule has 0 saturated heterocycles. The van der Waals surface area contributed by atoms with Gasteiger partial charge < -0.3 is 4.42 Å². The fraction of sp³-hybridized carbons (Fsp3) is 0.0435. The summed E-state index contributed by atoms with van der Waals surface area (Å²) in [5, 5.41) is 6.29. The van der Waals surface area contributed by atoms with Gasteiger partial charge in [-0.2, -0.15) is 9.50 Å². The first kappa shape index (κ1) is 19.3. The molecule has 5 rings (SSSR count). The number of fused-ring (bicyclic) bond motifs is 1. The summed E-state index contributed by atoms with van der Waals surface area (Å²) in [6.45, 7) is 1.53. The molecule has 0 unspecified atom stereocenters. The van der Waals surface area contributed by atoms with Gasteiger partial charge in [0.1, 0.15) is 16.1 Å². The Labute approximate surface area is 184 Å². The summed E-state index contributed by atoms with van der Waals surface area (Å²) in [7, 11) is 0. The lowest BCUT2D eigenvalue weighted by molar-refractivity contribution is 0.101. The van der Waals surface area contributed by atoms with Gasteiger partial charge in [-0.05, 0) is 42.7 Å². The second-order valence-corrected chi connectivity index (χ2v) is 8.75. The number of ketones is 1. The van der Waals surface area contributed by atoms with E-state index >= 15 is 0 Å². The second-order valence-electron chi connectivity index (χ2n) is 6.76. The topological polar surface area (TPSA) is 77.5 Å². The highest BCUT2D eigenvalue weighted by Gasteiger charge is 2.10. The summed E-state index contributed by atoms with van der Waals surface area (Å²) >= 11 is 2.89. The Morgan fingerprint density at radius 2 is 1.94 bits per heavy atom. The van der Waals surface area contributed by atoms with Crippen LogP contribution in [0.1, 0.15) is 33.7 Å². The fourth-order valence-electron chi connectivity index (χ4n) is 3.05. The van der Waals surface area contributed by atoms with E-state index in [4.69, 9.17) is 4.42 Å². The van der Waals surface area contributed by atoms with Crippen LogP contribution in [0.3, 0.4) is 0 Å². The average Bonchev–Trinajstić information content (AvgIpc) is 3.55. The predicted molar refractivity (Wildman–Crippen MR) is 123 cm³/mol. The number of furan rings is 1. The molecular weight excluding hydrogens is 430 g/mol. The maximum atomic E-state index is 12.7. The molecule has 0 spiro atoms. The largest absolute Gasteiger partial charge is 0.457 e. The number of Topliss-reactive ketones (excluding diaryl/α,β-unsaturated/α-hetero) is 1. The zero-order valence-corrected chi connectivity index (χ0v) is 17.9. The first-order chi connectivity index (χ1) is 15.1. The first-order valence-electron chi connectivity index (χ1n) is 9.41. The maximum absolute atomic E-state index is 12.7. The first-order valence-corrected chi connectivity index (χ1v) is 11.1. The van der Waals surface area contributed by atoms with Gasteiger partial charge in [-0.15, -0.1) is 16.4 Å². The third kappa shape index (κ3) is 3.90. The van der Waals surface area contributed by atoms with Gasteiger partial charge in [-0.25, -0.2) is 0 Å². The van der Waals surface area contributed by atoms with Crippen molar-refractivity contribution in [3.8, 4) is 11.3 Å². The number of carbonyl (C=O) groups excluding carboxylic acids is 1. The summed E-state index contributed by atoms with van der Waals surface area (Å²) in [6, 6.07) is 14.8. The molecule has 0 bridgehead atoms. The van der Waals surface area contributed by atoms with Crippen LogP contribution in [-0.4, -0.2) is 20.4 Å². The van der Waals surface area contributed by atoms with E-state index in [-0.39, 0.29) is 11.3 Å². The zero-order valence-electron chi connectivity index (χ0n) is 16.3. The molecule has 0 aliphatic heterocycles. The van der Waals surface area contributed by atoms with Crippen molar-refractivity contribution < 1.29 is 9.21 Å². The lowest BCUT2D eigenvalue weighted by Gasteiger charge is -1.98. The Morgan fingerprint density at radius 3 is 2.65 bits per heavy atom. The van der Waals surface area contributed by atoms with Gasteiger partial charge in [0, 0.05) is 22.1 Å². The van der Waals surface area contributed by atoms with Gasteiger partial charge in [0.15, 0.2) is 11.6 Å². The molecule has 8 heteroatoms. The van der Waals surface area contributed by atoms with Crippen molar-refractivity contribution in [2.45, 2.75) is 6.92 Å². The van der Waals surface area contributed by atoms with E-state index < -0.39 is 0 Å². The molecule has 5 aromatic rings. The van der Waals surface area contributed by atoms with Crippen LogP contribution in [-0.2, 0) is 0 Å². The van der Waals surface area contributed by atoms with Crippen LogP contribution in [0.15, 0.2) is 63.1 Å². The highest BCUT2D eigenvalue weighted by molar-refractivity contribution is 7.15. The van der Waals surface area contributed by atoms with Crippen LogP contribution in [0, 0.1) is 0 Å². The minimum atomic E-state index is -0.230. The molecule has 0 radical (unpaired) electrons. The van der Waals surface area contributed by atoms with Gasteiger partial charge in [-0.1, -0.05) is 41.7 Å². The SMILES string of the molecule is CC(=O)c1ccc(-c2ccc(/C=c3\sc4nc(/C=C/c5cccs5)nn4c3=O)o2)cc1. The summed E-state index contributed by atoms with van der Waals surface area (Å²) in [5.41, 5.74) is 1.28. The summed E-state index contributed by atoms with van der Waals surface area (Å²) in [6.07, 6.45) is 5.41. The molecule has 4 aromatic heterocycles. The van der Waals surface area contributed by atoms with E-state index in [0.29, 0.717) is 32.4 Å². The van der Waals surface area contributed by atoms with Crippen LogP contribution >= 0.6 is 22.7 Å². The van der Waals surface area contributed by atoms with Crippen molar-refractivity contribution in [2.24, 2.45) is 0 Å². The molecule has 0 N–H and O–H groups in total. The smallest absolute Gasteiger partial charge is 0.291 e. The van der Waals surface area contributed by atoms with E-state index in [2.05, 4.69) is 10.1 Å². The van der Waals surface area contributed by atoms with Crippen LogP contribution in [0.4, 0.5) is 0 Å². The van der Waals surface area contributed by atoms with Gasteiger partial charge in [0.2, 0.25) is 4.96 Å². The Balaban J connectivity index is 1.42. The minimum absolute atomic E-state index is 0.0180. The van der Waals surface area contributed by atoms with Crippen molar-refractivity contribution in [1.29, 1.82) is 0 Å². The van der Waals surface area contributed by atoms with Crippen molar-refractivity contribution >= 4 is 51.6 Å². The predicted octanol–water partition coefficient (Wildman–Crippen LogP) is 4.39. The maximum Gasteiger partial charge on any atom is 0.291 e. The lowest BCUT2D eigenvalue weighted by Crippen LogP contribution is -2.23. The highest BCUT2D eigenvalue weighted by Crippen LogP contribution is 2.23. The van der Waals surface area contributed by atoms with Crippen LogP contribution in [0.25, 0.3) is 34.5 Å². The summed E-state index contributed by atoms with van der Waals surface area (Å²) in [5.74, 6) is 1.74. The molecule has 6 nitrogen and oxygen atoms in total. The second kappa shape index (κ2) is 7.90. The van der Waals surface area contributed by atoms with E-state index in [1.165, 1.54) is 22.8 Å². The molecule has 0 atom stereocenters. The average molecular weight is 446 g/mol.